The fourth-order valence-electron chi connectivity index (χ4n) is 0.772. The molecule has 0 saturated heterocycles. The molecule has 0 unspecified atom stereocenters. The molecule has 0 aromatic rings. The average molecular weight is 182 g/mol. The first kappa shape index (κ1) is 11.7. The first-order valence-electron chi connectivity index (χ1n) is 3.97. The summed E-state index contributed by atoms with van der Waals surface area (Å²) in [7, 11) is 3.31. The van der Waals surface area contributed by atoms with Gasteiger partial charge in [0.15, 0.2) is 6.29 Å². The molecule has 0 aromatic carbocycles. The summed E-state index contributed by atoms with van der Waals surface area (Å²) in [5.74, 6) is 0.0575. The maximum atomic E-state index is 10.6. The molecule has 0 aliphatic carbocycles. The van der Waals surface area contributed by atoms with E-state index < -0.39 is 0 Å². The molecule has 0 heterocycles. The van der Waals surface area contributed by atoms with Crippen molar-refractivity contribution in [2.75, 3.05) is 14.1 Å². The Hall–Kier alpha value is -1.34. The van der Waals surface area contributed by atoms with Gasteiger partial charge in [0.1, 0.15) is 6.07 Å². The van der Waals surface area contributed by atoms with Gasteiger partial charge in [-0.05, 0) is 5.92 Å². The van der Waals surface area contributed by atoms with Crippen LogP contribution in [0.15, 0.2) is 11.3 Å². The van der Waals surface area contributed by atoms with Crippen LogP contribution in [0.2, 0.25) is 0 Å². The molecule has 72 valence electrons. The molecule has 0 N–H and O–H groups in total. The second-order valence-electron chi connectivity index (χ2n) is 3.07. The summed E-state index contributed by atoms with van der Waals surface area (Å²) in [6.07, 6.45) is 0.659. The lowest BCUT2D eigenvalue weighted by atomic mass is 10.0. The molecule has 0 fully saturated rings. The molecule has 0 rings (SSSR count). The Morgan fingerprint density at radius 1 is 1.54 bits per heavy atom. The lowest BCUT2D eigenvalue weighted by Gasteiger charge is -2.13. The maximum Gasteiger partial charge on any atom is 0.230 e. The fraction of sp³-hybridized carbons (Fsp3) is 0.556. The third-order valence-corrected chi connectivity index (χ3v) is 1.39. The Balaban J connectivity index is 4.86. The Kier molecular flexibility index (Phi) is 4.78. The first-order chi connectivity index (χ1) is 6.02. The van der Waals surface area contributed by atoms with Crippen molar-refractivity contribution in [3.8, 4) is 6.07 Å². The standard InChI is InChI=1S/C9H14N2O2/c1-7(2)8(6-12)9(5-10)13-11(3)4/h6-7H,1-4H3/b9-8+. The zero-order chi connectivity index (χ0) is 10.4. The molecule has 4 nitrogen and oxygen atoms in total. The molecule has 4 heteroatoms. The number of hydrogen-bond acceptors (Lipinski definition) is 4. The number of hydroxylamine groups is 2. The van der Waals surface area contributed by atoms with E-state index in [1.807, 2.05) is 19.9 Å². The third-order valence-electron chi connectivity index (χ3n) is 1.39. The van der Waals surface area contributed by atoms with Crippen molar-refractivity contribution in [2.24, 2.45) is 5.92 Å². The Bertz CT molecular complexity index is 249. The summed E-state index contributed by atoms with van der Waals surface area (Å²) in [5, 5.41) is 10.1. The number of nitriles is 1. The van der Waals surface area contributed by atoms with E-state index >= 15 is 0 Å². The fourth-order valence-corrected chi connectivity index (χ4v) is 0.772. The van der Waals surface area contributed by atoms with E-state index in [0.717, 1.165) is 0 Å². The van der Waals surface area contributed by atoms with Crippen LogP contribution in [0.1, 0.15) is 13.8 Å². The lowest BCUT2D eigenvalue weighted by Crippen LogP contribution is -2.14. The van der Waals surface area contributed by atoms with Gasteiger partial charge in [-0.15, -0.1) is 5.06 Å². The van der Waals surface area contributed by atoms with Crippen LogP contribution in [0.5, 0.6) is 0 Å². The van der Waals surface area contributed by atoms with Crippen LogP contribution in [0.25, 0.3) is 0 Å². The molecule has 0 saturated carbocycles. The molecule has 0 aromatic heterocycles. The number of carbonyl (C=O) groups excluding carboxylic acids is 1. The minimum absolute atomic E-state index is 0.00731. The van der Waals surface area contributed by atoms with Gasteiger partial charge in [-0.1, -0.05) is 13.8 Å². The van der Waals surface area contributed by atoms with Gasteiger partial charge >= 0.3 is 0 Å². The van der Waals surface area contributed by atoms with E-state index in [1.165, 1.54) is 5.06 Å². The van der Waals surface area contributed by atoms with Gasteiger partial charge < -0.3 is 4.84 Å². The number of allylic oxidation sites excluding steroid dienone is 2. The van der Waals surface area contributed by atoms with Crippen molar-refractivity contribution in [1.29, 1.82) is 5.26 Å². The predicted octanol–water partition coefficient (Wildman–Crippen LogP) is 1.11. The first-order valence-corrected chi connectivity index (χ1v) is 3.97. The van der Waals surface area contributed by atoms with Gasteiger partial charge in [0.2, 0.25) is 5.76 Å². The van der Waals surface area contributed by atoms with E-state index in [2.05, 4.69) is 0 Å². The quantitative estimate of drug-likeness (QED) is 0.215. The number of nitrogens with zero attached hydrogens (tertiary/aromatic N) is 2. The van der Waals surface area contributed by atoms with Crippen LogP contribution in [-0.4, -0.2) is 25.4 Å². The van der Waals surface area contributed by atoms with Crippen molar-refractivity contribution < 1.29 is 9.63 Å². The smallest absolute Gasteiger partial charge is 0.230 e. The number of carbonyl (C=O) groups is 1. The molecule has 0 spiro atoms. The summed E-state index contributed by atoms with van der Waals surface area (Å²) >= 11 is 0. The highest BCUT2D eigenvalue weighted by Crippen LogP contribution is 2.13. The number of hydrogen-bond donors (Lipinski definition) is 0. The highest BCUT2D eigenvalue weighted by Gasteiger charge is 2.12. The average Bonchev–Trinajstić information content (AvgIpc) is 2.02. The molecule has 0 aliphatic rings. The number of aldehydes is 1. The van der Waals surface area contributed by atoms with Gasteiger partial charge in [-0.3, -0.25) is 4.79 Å². The van der Waals surface area contributed by atoms with Crippen molar-refractivity contribution in [3.05, 3.63) is 11.3 Å². The highest BCUT2D eigenvalue weighted by atomic mass is 16.7. The van der Waals surface area contributed by atoms with Crippen LogP contribution in [0.3, 0.4) is 0 Å². The van der Waals surface area contributed by atoms with E-state index in [9.17, 15) is 4.79 Å². The zero-order valence-electron chi connectivity index (χ0n) is 8.37. The summed E-state index contributed by atoms with van der Waals surface area (Å²) in [5.41, 5.74) is 0.385. The normalized spacial score (nSPS) is 12.4. The molecule has 0 amide bonds. The largest absolute Gasteiger partial charge is 0.395 e. The van der Waals surface area contributed by atoms with Crippen molar-refractivity contribution in [2.45, 2.75) is 13.8 Å². The number of rotatable bonds is 4. The van der Waals surface area contributed by atoms with Gasteiger partial charge in [0, 0.05) is 14.1 Å². The summed E-state index contributed by atoms with van der Waals surface area (Å²) in [6.45, 7) is 3.67. The second-order valence-corrected chi connectivity index (χ2v) is 3.07. The highest BCUT2D eigenvalue weighted by molar-refractivity contribution is 5.75. The van der Waals surface area contributed by atoms with Gasteiger partial charge in [0.05, 0.1) is 5.57 Å². The minimum atomic E-state index is -0.00731. The molecule has 0 atom stereocenters. The molecular formula is C9H14N2O2. The van der Waals surface area contributed by atoms with Crippen LogP contribution in [0, 0.1) is 17.2 Å². The molecule has 0 aliphatic heterocycles. The molecule has 0 bridgehead atoms. The predicted molar refractivity (Wildman–Crippen MR) is 48.3 cm³/mol. The molecular weight excluding hydrogens is 168 g/mol. The second kappa shape index (κ2) is 5.33. The van der Waals surface area contributed by atoms with Crippen LogP contribution < -0.4 is 0 Å². The van der Waals surface area contributed by atoms with Crippen LogP contribution in [-0.2, 0) is 9.63 Å². The van der Waals surface area contributed by atoms with E-state index in [1.54, 1.807) is 14.1 Å². The van der Waals surface area contributed by atoms with E-state index in [-0.39, 0.29) is 11.7 Å². The summed E-state index contributed by atoms with van der Waals surface area (Å²) in [4.78, 5) is 15.7. The monoisotopic (exact) mass is 182 g/mol. The van der Waals surface area contributed by atoms with Gasteiger partial charge in [-0.25, -0.2) is 0 Å². The van der Waals surface area contributed by atoms with E-state index in [0.29, 0.717) is 11.9 Å². The molecule has 13 heavy (non-hydrogen) atoms. The van der Waals surface area contributed by atoms with Crippen LogP contribution in [0.4, 0.5) is 0 Å². The zero-order valence-corrected chi connectivity index (χ0v) is 8.37. The van der Waals surface area contributed by atoms with E-state index in [4.69, 9.17) is 10.1 Å². The van der Waals surface area contributed by atoms with Crippen molar-refractivity contribution >= 4 is 6.29 Å². The Labute approximate surface area is 78.4 Å². The lowest BCUT2D eigenvalue weighted by molar-refractivity contribution is -0.106. The van der Waals surface area contributed by atoms with Gasteiger partial charge in [-0.2, -0.15) is 5.26 Å². The Morgan fingerprint density at radius 2 is 2.08 bits per heavy atom. The summed E-state index contributed by atoms with van der Waals surface area (Å²) < 4.78 is 0. The van der Waals surface area contributed by atoms with Crippen LogP contribution >= 0.6 is 0 Å². The SMILES string of the molecule is CC(C)/C(C=O)=C(\C#N)ON(C)C. The molecule has 0 radical (unpaired) electrons. The minimum Gasteiger partial charge on any atom is -0.395 e. The van der Waals surface area contributed by atoms with Crippen molar-refractivity contribution in [3.63, 3.8) is 0 Å². The third kappa shape index (κ3) is 3.72. The Morgan fingerprint density at radius 3 is 2.31 bits per heavy atom. The summed E-state index contributed by atoms with van der Waals surface area (Å²) in [6, 6.07) is 1.85. The topological polar surface area (TPSA) is 53.3 Å². The van der Waals surface area contributed by atoms with Crippen molar-refractivity contribution in [1.82, 2.24) is 5.06 Å². The van der Waals surface area contributed by atoms with Gasteiger partial charge in [0.25, 0.3) is 0 Å². The maximum absolute atomic E-state index is 10.6.